The van der Waals surface area contributed by atoms with Crippen molar-refractivity contribution in [2.45, 2.75) is 6.54 Å². The third-order valence-electron chi connectivity index (χ3n) is 2.36. The minimum absolute atomic E-state index is 0.0657. The van der Waals surface area contributed by atoms with Crippen LogP contribution < -0.4 is 5.32 Å². The van der Waals surface area contributed by atoms with Crippen LogP contribution in [0.25, 0.3) is 0 Å². The highest BCUT2D eigenvalue weighted by atomic mass is 35.5. The van der Waals surface area contributed by atoms with Crippen LogP contribution in [0.5, 0.6) is 0 Å². The number of rotatable bonds is 3. The summed E-state index contributed by atoms with van der Waals surface area (Å²) in [5.41, 5.74) is 1.21. The molecule has 3 nitrogen and oxygen atoms in total. The molecule has 0 radical (unpaired) electrons. The van der Waals surface area contributed by atoms with Gasteiger partial charge >= 0.3 is 0 Å². The van der Waals surface area contributed by atoms with Crippen LogP contribution in [0, 0.1) is 5.82 Å². The molecule has 1 aromatic carbocycles. The van der Waals surface area contributed by atoms with E-state index in [1.807, 2.05) is 6.07 Å². The molecule has 0 saturated carbocycles. The molecule has 0 saturated heterocycles. The first-order valence-electron chi connectivity index (χ1n) is 5.29. The smallest absolute Gasteiger partial charge is 0.251 e. The first-order valence-corrected chi connectivity index (χ1v) is 5.67. The van der Waals surface area contributed by atoms with Gasteiger partial charge in [0.25, 0.3) is 5.91 Å². The van der Waals surface area contributed by atoms with Gasteiger partial charge < -0.3 is 5.32 Å². The molecule has 1 amide bonds. The van der Waals surface area contributed by atoms with Gasteiger partial charge in [0.1, 0.15) is 5.82 Å². The van der Waals surface area contributed by atoms with Gasteiger partial charge in [-0.3, -0.25) is 9.78 Å². The summed E-state index contributed by atoms with van der Waals surface area (Å²) in [4.78, 5) is 15.7. The maximum atomic E-state index is 12.9. The standard InChI is InChI=1S/C13H10ClFN2O/c14-11-6-10(3-4-12(11)15)13(18)17-8-9-2-1-5-16-7-9/h1-7H,8H2,(H,17,18). The average molecular weight is 265 g/mol. The van der Waals surface area contributed by atoms with E-state index in [4.69, 9.17) is 11.6 Å². The first-order chi connectivity index (χ1) is 8.66. The Kier molecular flexibility index (Phi) is 3.89. The number of carbonyl (C=O) groups excluding carboxylic acids is 1. The average Bonchev–Trinajstić information content (AvgIpc) is 2.40. The fraction of sp³-hybridized carbons (Fsp3) is 0.0769. The van der Waals surface area contributed by atoms with Crippen LogP contribution in [0.4, 0.5) is 4.39 Å². The number of halogens is 2. The van der Waals surface area contributed by atoms with Crippen LogP contribution in [-0.2, 0) is 6.54 Å². The number of pyridine rings is 1. The maximum absolute atomic E-state index is 12.9. The minimum Gasteiger partial charge on any atom is -0.348 e. The third kappa shape index (κ3) is 3.05. The molecule has 5 heteroatoms. The van der Waals surface area contributed by atoms with Crippen LogP contribution in [0.2, 0.25) is 5.02 Å². The lowest BCUT2D eigenvalue weighted by molar-refractivity contribution is 0.0951. The molecule has 0 atom stereocenters. The summed E-state index contributed by atoms with van der Waals surface area (Å²) in [6.07, 6.45) is 3.32. The predicted molar refractivity (Wildman–Crippen MR) is 66.8 cm³/mol. The van der Waals surface area contributed by atoms with E-state index in [1.165, 1.54) is 18.2 Å². The Labute approximate surface area is 109 Å². The second kappa shape index (κ2) is 5.60. The van der Waals surface area contributed by atoms with Crippen molar-refractivity contribution < 1.29 is 9.18 Å². The second-order valence-electron chi connectivity index (χ2n) is 3.67. The Morgan fingerprint density at radius 3 is 2.89 bits per heavy atom. The molecule has 18 heavy (non-hydrogen) atoms. The summed E-state index contributed by atoms with van der Waals surface area (Å²) >= 11 is 5.61. The first kappa shape index (κ1) is 12.5. The van der Waals surface area contributed by atoms with E-state index in [1.54, 1.807) is 18.5 Å². The number of amides is 1. The van der Waals surface area contributed by atoms with Crippen molar-refractivity contribution in [2.75, 3.05) is 0 Å². The van der Waals surface area contributed by atoms with E-state index < -0.39 is 5.82 Å². The van der Waals surface area contributed by atoms with Crippen molar-refractivity contribution >= 4 is 17.5 Å². The van der Waals surface area contributed by atoms with Crippen molar-refractivity contribution in [2.24, 2.45) is 0 Å². The fourth-order valence-electron chi connectivity index (χ4n) is 1.42. The van der Waals surface area contributed by atoms with Gasteiger partial charge in [0.2, 0.25) is 0 Å². The van der Waals surface area contributed by atoms with Gasteiger partial charge in [0.05, 0.1) is 5.02 Å². The van der Waals surface area contributed by atoms with E-state index in [0.29, 0.717) is 12.1 Å². The number of benzene rings is 1. The zero-order chi connectivity index (χ0) is 13.0. The second-order valence-corrected chi connectivity index (χ2v) is 4.08. The summed E-state index contributed by atoms with van der Waals surface area (Å²) in [5, 5.41) is 2.64. The molecule has 0 aliphatic heterocycles. The molecule has 0 aliphatic carbocycles. The van der Waals surface area contributed by atoms with Crippen molar-refractivity contribution in [1.82, 2.24) is 10.3 Å². The van der Waals surface area contributed by atoms with Gasteiger partial charge in [-0.05, 0) is 29.8 Å². The summed E-state index contributed by atoms with van der Waals surface area (Å²) in [6, 6.07) is 7.50. The quantitative estimate of drug-likeness (QED) is 0.926. The molecule has 1 heterocycles. The van der Waals surface area contributed by atoms with Crippen molar-refractivity contribution in [3.8, 4) is 0 Å². The summed E-state index contributed by atoms with van der Waals surface area (Å²) in [7, 11) is 0. The minimum atomic E-state index is -0.541. The normalized spacial score (nSPS) is 10.1. The molecule has 0 bridgehead atoms. The lowest BCUT2D eigenvalue weighted by Crippen LogP contribution is -2.22. The third-order valence-corrected chi connectivity index (χ3v) is 2.65. The van der Waals surface area contributed by atoms with Crippen LogP contribution in [0.15, 0.2) is 42.7 Å². The molecule has 0 aliphatic rings. The Morgan fingerprint density at radius 1 is 1.39 bits per heavy atom. The zero-order valence-electron chi connectivity index (χ0n) is 9.36. The molecule has 0 fully saturated rings. The maximum Gasteiger partial charge on any atom is 0.251 e. The van der Waals surface area contributed by atoms with E-state index >= 15 is 0 Å². The summed E-state index contributed by atoms with van der Waals surface area (Å²) in [5.74, 6) is -0.846. The lowest BCUT2D eigenvalue weighted by atomic mass is 10.2. The molecular formula is C13H10ClFN2O. The summed E-state index contributed by atoms with van der Waals surface area (Å²) in [6.45, 7) is 0.363. The van der Waals surface area contributed by atoms with E-state index in [-0.39, 0.29) is 10.9 Å². The zero-order valence-corrected chi connectivity index (χ0v) is 10.1. The Hall–Kier alpha value is -1.94. The highest BCUT2D eigenvalue weighted by molar-refractivity contribution is 6.31. The van der Waals surface area contributed by atoms with Gasteiger partial charge in [-0.1, -0.05) is 17.7 Å². The van der Waals surface area contributed by atoms with Crippen LogP contribution in [0.1, 0.15) is 15.9 Å². The lowest BCUT2D eigenvalue weighted by Gasteiger charge is -2.05. The SMILES string of the molecule is O=C(NCc1cccnc1)c1ccc(F)c(Cl)c1. The van der Waals surface area contributed by atoms with Gasteiger partial charge in [0.15, 0.2) is 0 Å². The molecular weight excluding hydrogens is 255 g/mol. The van der Waals surface area contributed by atoms with Crippen molar-refractivity contribution in [1.29, 1.82) is 0 Å². The van der Waals surface area contributed by atoms with Crippen LogP contribution in [0.3, 0.4) is 0 Å². The number of nitrogens with zero attached hydrogens (tertiary/aromatic N) is 1. The predicted octanol–water partition coefficient (Wildman–Crippen LogP) is 2.80. The highest BCUT2D eigenvalue weighted by Crippen LogP contribution is 2.15. The number of hydrogen-bond acceptors (Lipinski definition) is 2. The van der Waals surface area contributed by atoms with Gasteiger partial charge in [-0.15, -0.1) is 0 Å². The topological polar surface area (TPSA) is 42.0 Å². The van der Waals surface area contributed by atoms with Gasteiger partial charge in [0, 0.05) is 24.5 Å². The molecule has 1 aromatic heterocycles. The molecule has 0 unspecified atom stereocenters. The van der Waals surface area contributed by atoms with Gasteiger partial charge in [-0.2, -0.15) is 0 Å². The van der Waals surface area contributed by atoms with Gasteiger partial charge in [-0.25, -0.2) is 4.39 Å². The Morgan fingerprint density at radius 2 is 2.22 bits per heavy atom. The molecule has 2 aromatic rings. The highest BCUT2D eigenvalue weighted by Gasteiger charge is 2.08. The van der Waals surface area contributed by atoms with Crippen LogP contribution >= 0.6 is 11.6 Å². The molecule has 0 spiro atoms. The van der Waals surface area contributed by atoms with Crippen molar-refractivity contribution in [3.05, 3.63) is 64.7 Å². The largest absolute Gasteiger partial charge is 0.348 e. The van der Waals surface area contributed by atoms with E-state index in [0.717, 1.165) is 5.56 Å². The molecule has 92 valence electrons. The number of nitrogens with one attached hydrogen (secondary N) is 1. The van der Waals surface area contributed by atoms with Crippen LogP contribution in [-0.4, -0.2) is 10.9 Å². The van der Waals surface area contributed by atoms with Crippen molar-refractivity contribution in [3.63, 3.8) is 0 Å². The number of carbonyl (C=O) groups is 1. The number of aromatic nitrogens is 1. The van der Waals surface area contributed by atoms with E-state index in [9.17, 15) is 9.18 Å². The molecule has 1 N–H and O–H groups in total. The van der Waals surface area contributed by atoms with E-state index in [2.05, 4.69) is 10.3 Å². The Bertz CT molecular complexity index is 560. The fourth-order valence-corrected chi connectivity index (χ4v) is 1.61. The Balaban J connectivity index is 2.02. The summed E-state index contributed by atoms with van der Waals surface area (Å²) < 4.78 is 12.9. The number of hydrogen-bond donors (Lipinski definition) is 1. The monoisotopic (exact) mass is 264 g/mol. The molecule has 2 rings (SSSR count).